The fraction of sp³-hybridized carbons (Fsp3) is 0.368. The molecule has 0 unspecified atom stereocenters. The van der Waals surface area contributed by atoms with Gasteiger partial charge in [0.15, 0.2) is 5.06 Å². The molecule has 4 rings (SSSR count). The van der Waals surface area contributed by atoms with Gasteiger partial charge in [0.05, 0.1) is 30.0 Å². The number of β-amino-alcohol motifs (C(OH)–C–C–N with tert-alkyl or cyclic N) is 1. The fourth-order valence-electron chi connectivity index (χ4n) is 3.90. The minimum absolute atomic E-state index is 0.0561. The zero-order valence-electron chi connectivity index (χ0n) is 15.7. The summed E-state index contributed by atoms with van der Waals surface area (Å²) in [4.78, 5) is 6.07. The van der Waals surface area contributed by atoms with Crippen LogP contribution in [0.1, 0.15) is 12.0 Å². The second-order valence-electron chi connectivity index (χ2n) is 7.40. The number of nitrogens with two attached hydrogens (primary N) is 1. The number of halogens is 1. The zero-order chi connectivity index (χ0) is 21.0. The molecule has 3 N–H and O–H groups in total. The highest BCUT2D eigenvalue weighted by molar-refractivity contribution is 7.92. The van der Waals surface area contributed by atoms with Gasteiger partial charge in [-0.3, -0.25) is 4.31 Å². The summed E-state index contributed by atoms with van der Waals surface area (Å²) >= 11 is 6.22. The third-order valence-corrected chi connectivity index (χ3v) is 7.61. The molecule has 29 heavy (non-hydrogen) atoms. The molecular formula is C19H20ClN5O3S. The van der Waals surface area contributed by atoms with Crippen molar-refractivity contribution in [3.8, 4) is 17.2 Å². The standard InChI is InChI=1S/C19H20ClN5O3S/c1-24-16-3-2-12(6-13(16)10-29(24,27)28)15-9-23-18(22)7-17(15)25-5-4-14(8-21)19(20,26)11-25/h2-3,6-7,9,14,26H,4-5,10-11H2,1H3,(H2,22,23)/t14-,19-/m0/s1. The van der Waals surface area contributed by atoms with Crippen molar-refractivity contribution in [1.29, 1.82) is 5.26 Å². The van der Waals surface area contributed by atoms with Crippen LogP contribution in [0.15, 0.2) is 30.5 Å². The molecule has 2 aliphatic heterocycles. The Balaban J connectivity index is 1.76. The number of aliphatic hydroxyl groups is 1. The van der Waals surface area contributed by atoms with E-state index in [9.17, 15) is 18.8 Å². The average Bonchev–Trinajstić information content (AvgIpc) is 2.89. The van der Waals surface area contributed by atoms with Gasteiger partial charge < -0.3 is 15.7 Å². The Labute approximate surface area is 174 Å². The Kier molecular flexibility index (Phi) is 4.61. The number of fused-ring (bicyclic) bond motifs is 1. The topological polar surface area (TPSA) is 124 Å². The Bertz CT molecular complexity index is 1130. The number of piperidine rings is 1. The van der Waals surface area contributed by atoms with E-state index in [0.29, 0.717) is 30.0 Å². The van der Waals surface area contributed by atoms with Gasteiger partial charge in [0.1, 0.15) is 5.82 Å². The molecule has 1 aromatic carbocycles. The van der Waals surface area contributed by atoms with Crippen molar-refractivity contribution in [3.63, 3.8) is 0 Å². The fourth-order valence-corrected chi connectivity index (χ4v) is 5.49. The van der Waals surface area contributed by atoms with Crippen LogP contribution in [0.25, 0.3) is 11.1 Å². The third-order valence-electron chi connectivity index (χ3n) is 5.52. The van der Waals surface area contributed by atoms with E-state index < -0.39 is 21.0 Å². The van der Waals surface area contributed by atoms with E-state index in [1.807, 2.05) is 17.0 Å². The minimum atomic E-state index is -3.34. The SMILES string of the molecule is CN1c2ccc(-c3cnc(N)cc3N3CC[C@@H](C#N)[C@](O)(Cl)C3)cc2CS1(=O)=O. The van der Waals surface area contributed by atoms with E-state index in [4.69, 9.17) is 17.3 Å². The van der Waals surface area contributed by atoms with Crippen molar-refractivity contribution in [1.82, 2.24) is 4.98 Å². The lowest BCUT2D eigenvalue weighted by Crippen LogP contribution is -2.50. The van der Waals surface area contributed by atoms with Gasteiger partial charge >= 0.3 is 0 Å². The van der Waals surface area contributed by atoms with Crippen molar-refractivity contribution in [2.45, 2.75) is 17.2 Å². The van der Waals surface area contributed by atoms with Crippen molar-refractivity contribution in [2.75, 3.05) is 35.1 Å². The Morgan fingerprint density at radius 1 is 1.38 bits per heavy atom. The molecule has 0 bridgehead atoms. The van der Waals surface area contributed by atoms with Crippen LogP contribution >= 0.6 is 11.6 Å². The summed E-state index contributed by atoms with van der Waals surface area (Å²) in [5.74, 6) is -0.407. The molecule has 3 heterocycles. The lowest BCUT2D eigenvalue weighted by molar-refractivity contribution is 0.0764. The number of alkyl halides is 1. The van der Waals surface area contributed by atoms with Gasteiger partial charge in [-0.1, -0.05) is 17.7 Å². The highest BCUT2D eigenvalue weighted by atomic mass is 35.5. The number of anilines is 3. The average molecular weight is 434 g/mol. The van der Waals surface area contributed by atoms with E-state index >= 15 is 0 Å². The molecular weight excluding hydrogens is 414 g/mol. The smallest absolute Gasteiger partial charge is 0.239 e. The molecule has 1 fully saturated rings. The van der Waals surface area contributed by atoms with E-state index in [1.165, 1.54) is 11.4 Å². The highest BCUT2D eigenvalue weighted by Gasteiger charge is 2.41. The quantitative estimate of drug-likeness (QED) is 0.693. The molecule has 8 nitrogen and oxygen atoms in total. The molecule has 0 aliphatic carbocycles. The summed E-state index contributed by atoms with van der Waals surface area (Å²) in [6.07, 6.45) is 2.04. The van der Waals surface area contributed by atoms with Gasteiger partial charge in [0, 0.05) is 37.1 Å². The number of hydrogen-bond acceptors (Lipinski definition) is 7. The summed E-state index contributed by atoms with van der Waals surface area (Å²) < 4.78 is 25.6. The van der Waals surface area contributed by atoms with Crippen molar-refractivity contribution in [2.24, 2.45) is 5.92 Å². The first-order chi connectivity index (χ1) is 13.6. The molecule has 2 aliphatic rings. The van der Waals surface area contributed by atoms with Gasteiger partial charge in [0.25, 0.3) is 0 Å². The molecule has 10 heteroatoms. The molecule has 2 atom stereocenters. The summed E-state index contributed by atoms with van der Waals surface area (Å²) in [6.45, 7) is 0.580. The second kappa shape index (κ2) is 6.76. The number of rotatable bonds is 2. The predicted octanol–water partition coefficient (Wildman–Crippen LogP) is 1.89. The summed E-state index contributed by atoms with van der Waals surface area (Å²) in [5.41, 5.74) is 9.54. The van der Waals surface area contributed by atoms with Gasteiger partial charge in [-0.05, 0) is 29.7 Å². The van der Waals surface area contributed by atoms with Gasteiger partial charge in [-0.25, -0.2) is 13.4 Å². The third kappa shape index (κ3) is 3.37. The number of benzene rings is 1. The van der Waals surface area contributed by atoms with Crippen LogP contribution in [0.2, 0.25) is 0 Å². The molecule has 152 valence electrons. The van der Waals surface area contributed by atoms with Gasteiger partial charge in [0.2, 0.25) is 10.0 Å². The number of sulfonamides is 1. The van der Waals surface area contributed by atoms with E-state index in [-0.39, 0.29) is 12.3 Å². The molecule has 0 saturated carbocycles. The minimum Gasteiger partial charge on any atom is -0.384 e. The Hall–Kier alpha value is -2.54. The van der Waals surface area contributed by atoms with Gasteiger partial charge in [-0.2, -0.15) is 5.26 Å². The maximum absolute atomic E-state index is 12.2. The van der Waals surface area contributed by atoms with Crippen molar-refractivity contribution < 1.29 is 13.5 Å². The lowest BCUT2D eigenvalue weighted by Gasteiger charge is -2.40. The van der Waals surface area contributed by atoms with E-state index in [0.717, 1.165) is 16.8 Å². The predicted molar refractivity (Wildman–Crippen MR) is 112 cm³/mol. The number of aromatic nitrogens is 1. The van der Waals surface area contributed by atoms with E-state index in [1.54, 1.807) is 18.3 Å². The molecule has 1 aromatic heterocycles. The lowest BCUT2D eigenvalue weighted by atomic mass is 9.93. The van der Waals surface area contributed by atoms with Crippen molar-refractivity contribution in [3.05, 3.63) is 36.0 Å². The molecule has 0 amide bonds. The molecule has 0 radical (unpaired) electrons. The summed E-state index contributed by atoms with van der Waals surface area (Å²) in [7, 11) is -1.80. The van der Waals surface area contributed by atoms with Crippen LogP contribution in [-0.2, 0) is 15.8 Å². The summed E-state index contributed by atoms with van der Waals surface area (Å²) in [6, 6.07) is 9.20. The Morgan fingerprint density at radius 2 is 2.14 bits per heavy atom. The van der Waals surface area contributed by atoms with Crippen LogP contribution < -0.4 is 14.9 Å². The van der Waals surface area contributed by atoms with Crippen molar-refractivity contribution >= 4 is 38.8 Å². The monoisotopic (exact) mass is 433 g/mol. The number of nitrogen functional groups attached to an aromatic ring is 1. The maximum atomic E-state index is 12.2. The largest absolute Gasteiger partial charge is 0.384 e. The van der Waals surface area contributed by atoms with Crippen LogP contribution in [0.3, 0.4) is 0 Å². The highest BCUT2D eigenvalue weighted by Crippen LogP contribution is 2.40. The number of nitrogens with zero attached hydrogens (tertiary/aromatic N) is 4. The van der Waals surface area contributed by atoms with E-state index in [2.05, 4.69) is 11.1 Å². The molecule has 0 spiro atoms. The zero-order valence-corrected chi connectivity index (χ0v) is 17.3. The maximum Gasteiger partial charge on any atom is 0.239 e. The van der Waals surface area contributed by atoms with Crippen LogP contribution in [0.5, 0.6) is 0 Å². The van der Waals surface area contributed by atoms with Crippen LogP contribution in [0.4, 0.5) is 17.2 Å². The normalized spacial score (nSPS) is 25.5. The first kappa shape index (κ1) is 19.8. The molecule has 2 aromatic rings. The molecule has 1 saturated heterocycles. The van der Waals surface area contributed by atoms with Crippen LogP contribution in [-0.4, -0.2) is 43.7 Å². The number of hydrogen-bond donors (Lipinski definition) is 2. The summed E-state index contributed by atoms with van der Waals surface area (Å²) in [5, 5.41) is 18.0. The van der Waals surface area contributed by atoms with Gasteiger partial charge in [-0.15, -0.1) is 0 Å². The number of nitriles is 1. The number of pyridine rings is 1. The first-order valence-electron chi connectivity index (χ1n) is 9.03. The first-order valence-corrected chi connectivity index (χ1v) is 11.0. The second-order valence-corrected chi connectivity index (χ2v) is 10.1. The van der Waals surface area contributed by atoms with Crippen LogP contribution in [0, 0.1) is 17.2 Å². The Morgan fingerprint density at radius 3 is 2.83 bits per heavy atom.